The Morgan fingerprint density at radius 1 is 1.38 bits per heavy atom. The van der Waals surface area contributed by atoms with Crippen LogP contribution in [0.5, 0.6) is 0 Å². The maximum atomic E-state index is 8.32. The summed E-state index contributed by atoms with van der Waals surface area (Å²) in [5.74, 6) is 0. The SMILES string of the molecule is OB(O)CCC(Br)Br. The smallest absolute Gasteiger partial charge is 0.427 e. The second kappa shape index (κ2) is 4.79. The third-order valence-electron chi connectivity index (χ3n) is 0.643. The summed E-state index contributed by atoms with van der Waals surface area (Å²) in [7, 11) is -1.17. The summed E-state index contributed by atoms with van der Waals surface area (Å²) in [6, 6.07) is 0. The molecule has 2 nitrogen and oxygen atoms in total. The van der Waals surface area contributed by atoms with E-state index in [0.29, 0.717) is 6.32 Å². The molecule has 48 valence electrons. The molecular formula is C3H7BBr2O2. The standard InChI is InChI=1S/C3H7BBr2O2/c5-3(6)1-2-4(7)8/h3,7-8H,1-2H2. The topological polar surface area (TPSA) is 40.5 Å². The molecule has 0 rings (SSSR count). The summed E-state index contributed by atoms with van der Waals surface area (Å²) < 4.78 is 0.191. The molecule has 0 aromatic rings. The third kappa shape index (κ3) is 6.94. The number of rotatable bonds is 3. The Labute approximate surface area is 65.7 Å². The van der Waals surface area contributed by atoms with E-state index in [-0.39, 0.29) is 3.74 Å². The Bertz CT molecular complexity index is 51.2. The molecule has 0 radical (unpaired) electrons. The van der Waals surface area contributed by atoms with Crippen LogP contribution in [0.3, 0.4) is 0 Å². The Kier molecular flexibility index (Phi) is 5.36. The highest BCUT2D eigenvalue weighted by atomic mass is 79.9. The van der Waals surface area contributed by atoms with Gasteiger partial charge in [-0.25, -0.2) is 0 Å². The van der Waals surface area contributed by atoms with Gasteiger partial charge in [-0.3, -0.25) is 0 Å². The largest absolute Gasteiger partial charge is 0.451 e. The van der Waals surface area contributed by atoms with Gasteiger partial charge in [-0.2, -0.15) is 0 Å². The molecule has 0 spiro atoms. The molecule has 0 aliphatic heterocycles. The van der Waals surface area contributed by atoms with E-state index in [1.54, 1.807) is 0 Å². The minimum atomic E-state index is -1.17. The zero-order chi connectivity index (χ0) is 6.57. The zero-order valence-electron chi connectivity index (χ0n) is 4.22. The Hall–Kier alpha value is 0.945. The third-order valence-corrected chi connectivity index (χ3v) is 1.56. The lowest BCUT2D eigenvalue weighted by Crippen LogP contribution is -2.10. The fraction of sp³-hybridized carbons (Fsp3) is 1.00. The first-order valence-corrected chi connectivity index (χ1v) is 4.10. The summed E-state index contributed by atoms with van der Waals surface area (Å²) in [5, 5.41) is 16.6. The second-order valence-electron chi connectivity index (χ2n) is 1.45. The van der Waals surface area contributed by atoms with Crippen molar-refractivity contribution in [3.63, 3.8) is 0 Å². The van der Waals surface area contributed by atoms with E-state index in [2.05, 4.69) is 31.9 Å². The molecule has 0 aromatic heterocycles. The average Bonchev–Trinajstić information content (AvgIpc) is 1.61. The van der Waals surface area contributed by atoms with Gasteiger partial charge in [0, 0.05) is 0 Å². The molecule has 0 atom stereocenters. The number of alkyl halides is 2. The molecule has 0 saturated heterocycles. The van der Waals surface area contributed by atoms with Crippen LogP contribution in [0.15, 0.2) is 0 Å². The average molecular weight is 246 g/mol. The van der Waals surface area contributed by atoms with Crippen LogP contribution in [-0.4, -0.2) is 20.9 Å². The van der Waals surface area contributed by atoms with Gasteiger partial charge >= 0.3 is 7.12 Å². The molecule has 2 N–H and O–H groups in total. The van der Waals surface area contributed by atoms with Gasteiger partial charge in [0.1, 0.15) is 0 Å². The Morgan fingerprint density at radius 2 is 1.88 bits per heavy atom. The van der Waals surface area contributed by atoms with Gasteiger partial charge in [0.2, 0.25) is 0 Å². The molecule has 0 saturated carbocycles. The van der Waals surface area contributed by atoms with E-state index in [0.717, 1.165) is 6.42 Å². The van der Waals surface area contributed by atoms with Crippen molar-refractivity contribution in [2.24, 2.45) is 0 Å². The van der Waals surface area contributed by atoms with Gasteiger partial charge in [0.05, 0.1) is 3.74 Å². The summed E-state index contributed by atoms with van der Waals surface area (Å²) >= 11 is 6.39. The van der Waals surface area contributed by atoms with E-state index in [1.807, 2.05) is 0 Å². The number of hydrogen-bond acceptors (Lipinski definition) is 2. The normalized spacial score (nSPS) is 10.1. The van der Waals surface area contributed by atoms with Crippen molar-refractivity contribution in [2.45, 2.75) is 16.5 Å². The molecule has 0 aliphatic carbocycles. The Morgan fingerprint density at radius 3 is 2.00 bits per heavy atom. The lowest BCUT2D eigenvalue weighted by molar-refractivity contribution is 0.404. The van der Waals surface area contributed by atoms with E-state index >= 15 is 0 Å². The molecule has 0 aromatic carbocycles. The van der Waals surface area contributed by atoms with Crippen molar-refractivity contribution in [1.29, 1.82) is 0 Å². The van der Waals surface area contributed by atoms with Gasteiger partial charge < -0.3 is 10.0 Å². The van der Waals surface area contributed by atoms with E-state index in [1.165, 1.54) is 0 Å². The molecule has 8 heavy (non-hydrogen) atoms. The van der Waals surface area contributed by atoms with Crippen LogP contribution in [0.1, 0.15) is 6.42 Å². The van der Waals surface area contributed by atoms with Crippen molar-refractivity contribution in [3.05, 3.63) is 0 Å². The fourth-order valence-electron chi connectivity index (χ4n) is 0.275. The Balaban J connectivity index is 2.93. The van der Waals surface area contributed by atoms with Crippen LogP contribution < -0.4 is 0 Å². The van der Waals surface area contributed by atoms with Crippen LogP contribution in [0, 0.1) is 0 Å². The van der Waals surface area contributed by atoms with Crippen LogP contribution in [-0.2, 0) is 0 Å². The highest BCUT2D eigenvalue weighted by molar-refractivity contribution is 9.24. The molecule has 0 bridgehead atoms. The van der Waals surface area contributed by atoms with Gasteiger partial charge in [-0.1, -0.05) is 31.9 Å². The van der Waals surface area contributed by atoms with Crippen molar-refractivity contribution in [1.82, 2.24) is 0 Å². The summed E-state index contributed by atoms with van der Waals surface area (Å²) in [5.41, 5.74) is 0. The molecule has 0 aliphatic rings. The predicted molar refractivity (Wildman–Crippen MR) is 41.3 cm³/mol. The lowest BCUT2D eigenvalue weighted by atomic mass is 9.85. The van der Waals surface area contributed by atoms with Crippen molar-refractivity contribution in [2.75, 3.05) is 0 Å². The molecule has 0 heterocycles. The van der Waals surface area contributed by atoms with E-state index < -0.39 is 7.12 Å². The molecule has 5 heteroatoms. The van der Waals surface area contributed by atoms with Crippen LogP contribution in [0.25, 0.3) is 0 Å². The van der Waals surface area contributed by atoms with E-state index in [9.17, 15) is 0 Å². The zero-order valence-corrected chi connectivity index (χ0v) is 7.39. The van der Waals surface area contributed by atoms with Gasteiger partial charge in [0.25, 0.3) is 0 Å². The van der Waals surface area contributed by atoms with Gasteiger partial charge in [0.15, 0.2) is 0 Å². The molecular weight excluding hydrogens is 239 g/mol. The van der Waals surface area contributed by atoms with Crippen LogP contribution >= 0.6 is 31.9 Å². The quantitative estimate of drug-likeness (QED) is 0.575. The van der Waals surface area contributed by atoms with Gasteiger partial charge in [-0.05, 0) is 12.7 Å². The maximum Gasteiger partial charge on any atom is 0.451 e. The number of halogens is 2. The first-order chi connectivity index (χ1) is 3.63. The maximum absolute atomic E-state index is 8.32. The lowest BCUT2D eigenvalue weighted by Gasteiger charge is -1.97. The molecule has 0 amide bonds. The first kappa shape index (κ1) is 8.94. The van der Waals surface area contributed by atoms with Crippen molar-refractivity contribution in [3.8, 4) is 0 Å². The highest BCUT2D eigenvalue weighted by Crippen LogP contribution is 2.14. The minimum absolute atomic E-state index is 0.191. The van der Waals surface area contributed by atoms with Crippen molar-refractivity contribution < 1.29 is 10.0 Å². The minimum Gasteiger partial charge on any atom is -0.427 e. The van der Waals surface area contributed by atoms with Gasteiger partial charge in [-0.15, -0.1) is 0 Å². The number of hydrogen-bond donors (Lipinski definition) is 2. The summed E-state index contributed by atoms with van der Waals surface area (Å²) in [6.07, 6.45) is 1.12. The highest BCUT2D eigenvalue weighted by Gasteiger charge is 2.07. The van der Waals surface area contributed by atoms with E-state index in [4.69, 9.17) is 10.0 Å². The fourth-order valence-corrected chi connectivity index (χ4v) is 0.804. The monoisotopic (exact) mass is 244 g/mol. The molecule has 0 fully saturated rings. The van der Waals surface area contributed by atoms with Crippen LogP contribution in [0.2, 0.25) is 6.32 Å². The van der Waals surface area contributed by atoms with Crippen LogP contribution in [0.4, 0.5) is 0 Å². The van der Waals surface area contributed by atoms with Crippen molar-refractivity contribution >= 4 is 39.0 Å². The summed E-state index contributed by atoms with van der Waals surface area (Å²) in [4.78, 5) is 0. The summed E-state index contributed by atoms with van der Waals surface area (Å²) in [6.45, 7) is 0. The molecule has 0 unspecified atom stereocenters. The second-order valence-corrected chi connectivity index (χ2v) is 4.89. The predicted octanol–water partition coefficient (Wildman–Crippen LogP) is 0.965. The first-order valence-electron chi connectivity index (χ1n) is 2.27.